The second-order valence-electron chi connectivity index (χ2n) is 6.42. The maximum Gasteiger partial charge on any atom is 0.0726 e. The second kappa shape index (κ2) is 7.75. The number of nitrogens with one attached hydrogen (secondary N) is 1. The lowest BCUT2D eigenvalue weighted by molar-refractivity contribution is 0.151. The number of para-hydroxylation sites is 1. The van der Waals surface area contributed by atoms with Gasteiger partial charge in [-0.2, -0.15) is 0 Å². The van der Waals surface area contributed by atoms with E-state index in [-0.39, 0.29) is 6.61 Å². The van der Waals surface area contributed by atoms with Crippen LogP contribution in [0, 0.1) is 5.92 Å². The van der Waals surface area contributed by atoms with Gasteiger partial charge in [0, 0.05) is 29.9 Å². The Labute approximate surface area is 138 Å². The third-order valence-corrected chi connectivity index (χ3v) is 4.84. The number of aromatic nitrogens is 1. The SMILES string of the molecule is CCc1cc(NCC2CCN(CCO)CC2)c2ccccc2n1. The highest BCUT2D eigenvalue weighted by Crippen LogP contribution is 2.25. The van der Waals surface area contributed by atoms with Crippen molar-refractivity contribution in [3.63, 3.8) is 0 Å². The summed E-state index contributed by atoms with van der Waals surface area (Å²) in [6.45, 7) is 6.46. The molecule has 0 radical (unpaired) electrons. The molecule has 0 saturated carbocycles. The minimum atomic E-state index is 0.270. The van der Waals surface area contributed by atoms with Gasteiger partial charge in [-0.15, -0.1) is 0 Å². The number of likely N-dealkylation sites (tertiary alicyclic amines) is 1. The van der Waals surface area contributed by atoms with E-state index in [2.05, 4.69) is 47.5 Å². The second-order valence-corrected chi connectivity index (χ2v) is 6.42. The maximum absolute atomic E-state index is 9.03. The molecule has 1 aliphatic rings. The lowest BCUT2D eigenvalue weighted by Crippen LogP contribution is -2.37. The van der Waals surface area contributed by atoms with Crippen molar-refractivity contribution in [2.24, 2.45) is 5.92 Å². The average Bonchev–Trinajstić information content (AvgIpc) is 2.61. The number of fused-ring (bicyclic) bond motifs is 1. The summed E-state index contributed by atoms with van der Waals surface area (Å²) in [5.74, 6) is 0.710. The summed E-state index contributed by atoms with van der Waals surface area (Å²) in [7, 11) is 0. The number of rotatable bonds is 6. The van der Waals surface area contributed by atoms with Crippen LogP contribution in [0.1, 0.15) is 25.5 Å². The van der Waals surface area contributed by atoms with Crippen LogP contribution in [0.2, 0.25) is 0 Å². The van der Waals surface area contributed by atoms with E-state index in [0.717, 1.165) is 43.8 Å². The Bertz CT molecular complexity index is 636. The Balaban J connectivity index is 1.65. The molecule has 3 rings (SSSR count). The normalized spacial score (nSPS) is 16.8. The van der Waals surface area contributed by atoms with Crippen molar-refractivity contribution in [1.29, 1.82) is 0 Å². The number of benzene rings is 1. The molecule has 2 aromatic rings. The maximum atomic E-state index is 9.03. The monoisotopic (exact) mass is 313 g/mol. The van der Waals surface area contributed by atoms with E-state index in [9.17, 15) is 0 Å². The lowest BCUT2D eigenvalue weighted by atomic mass is 9.96. The van der Waals surface area contributed by atoms with Crippen molar-refractivity contribution in [1.82, 2.24) is 9.88 Å². The molecule has 1 aliphatic heterocycles. The van der Waals surface area contributed by atoms with Crippen LogP contribution < -0.4 is 5.32 Å². The van der Waals surface area contributed by atoms with Gasteiger partial charge in [0.1, 0.15) is 0 Å². The summed E-state index contributed by atoms with van der Waals surface area (Å²) in [4.78, 5) is 7.06. The van der Waals surface area contributed by atoms with Gasteiger partial charge >= 0.3 is 0 Å². The van der Waals surface area contributed by atoms with Gasteiger partial charge in [-0.25, -0.2) is 0 Å². The highest BCUT2D eigenvalue weighted by atomic mass is 16.3. The Hall–Kier alpha value is -1.65. The molecule has 0 amide bonds. The molecule has 0 aliphatic carbocycles. The number of aliphatic hydroxyl groups excluding tert-OH is 1. The third-order valence-electron chi connectivity index (χ3n) is 4.84. The van der Waals surface area contributed by atoms with Crippen LogP contribution in [0.15, 0.2) is 30.3 Å². The quantitative estimate of drug-likeness (QED) is 0.861. The van der Waals surface area contributed by atoms with E-state index in [1.165, 1.54) is 23.9 Å². The first-order valence-electron chi connectivity index (χ1n) is 8.76. The Morgan fingerprint density at radius 3 is 2.78 bits per heavy atom. The number of aliphatic hydroxyl groups is 1. The molecule has 23 heavy (non-hydrogen) atoms. The number of piperidine rings is 1. The first-order valence-corrected chi connectivity index (χ1v) is 8.76. The Morgan fingerprint density at radius 1 is 1.26 bits per heavy atom. The lowest BCUT2D eigenvalue weighted by Gasteiger charge is -2.31. The average molecular weight is 313 g/mol. The van der Waals surface area contributed by atoms with Gasteiger partial charge in [-0.05, 0) is 50.4 Å². The van der Waals surface area contributed by atoms with Crippen molar-refractivity contribution in [3.8, 4) is 0 Å². The van der Waals surface area contributed by atoms with Crippen molar-refractivity contribution >= 4 is 16.6 Å². The molecule has 4 heteroatoms. The van der Waals surface area contributed by atoms with Gasteiger partial charge in [0.05, 0.1) is 12.1 Å². The molecule has 4 nitrogen and oxygen atoms in total. The van der Waals surface area contributed by atoms with Crippen molar-refractivity contribution in [2.45, 2.75) is 26.2 Å². The van der Waals surface area contributed by atoms with E-state index in [4.69, 9.17) is 10.1 Å². The fourth-order valence-electron chi connectivity index (χ4n) is 3.37. The van der Waals surface area contributed by atoms with E-state index >= 15 is 0 Å². The predicted molar refractivity (Wildman–Crippen MR) is 95.9 cm³/mol. The van der Waals surface area contributed by atoms with Crippen LogP contribution in [0.5, 0.6) is 0 Å². The summed E-state index contributed by atoms with van der Waals surface area (Å²) in [6, 6.07) is 10.6. The summed E-state index contributed by atoms with van der Waals surface area (Å²) < 4.78 is 0. The number of aryl methyl sites for hydroxylation is 1. The molecule has 0 spiro atoms. The highest BCUT2D eigenvalue weighted by Gasteiger charge is 2.18. The molecular formula is C19H27N3O. The van der Waals surface area contributed by atoms with Gasteiger partial charge in [0.2, 0.25) is 0 Å². The third kappa shape index (κ3) is 4.01. The first kappa shape index (κ1) is 16.2. The van der Waals surface area contributed by atoms with E-state index < -0.39 is 0 Å². The number of β-amino-alcohol motifs (C(OH)–C–C–N with tert-alkyl or cyclic N) is 1. The number of anilines is 1. The Kier molecular flexibility index (Phi) is 5.47. The van der Waals surface area contributed by atoms with Crippen LogP contribution in [-0.2, 0) is 6.42 Å². The van der Waals surface area contributed by atoms with Gasteiger partial charge in [-0.3, -0.25) is 4.98 Å². The zero-order valence-electron chi connectivity index (χ0n) is 14.0. The number of nitrogens with zero attached hydrogens (tertiary/aromatic N) is 2. The zero-order valence-corrected chi connectivity index (χ0v) is 14.0. The molecule has 1 saturated heterocycles. The molecule has 124 valence electrons. The van der Waals surface area contributed by atoms with Crippen LogP contribution in [0.25, 0.3) is 10.9 Å². The van der Waals surface area contributed by atoms with Crippen LogP contribution in [-0.4, -0.2) is 47.8 Å². The predicted octanol–water partition coefficient (Wildman–Crippen LogP) is 2.91. The smallest absolute Gasteiger partial charge is 0.0726 e. The molecule has 1 fully saturated rings. The van der Waals surface area contributed by atoms with E-state index in [0.29, 0.717) is 5.92 Å². The van der Waals surface area contributed by atoms with Crippen molar-refractivity contribution in [3.05, 3.63) is 36.0 Å². The van der Waals surface area contributed by atoms with Crippen LogP contribution >= 0.6 is 0 Å². The highest BCUT2D eigenvalue weighted by molar-refractivity contribution is 5.91. The first-order chi connectivity index (χ1) is 11.3. The van der Waals surface area contributed by atoms with Gasteiger partial charge < -0.3 is 15.3 Å². The summed E-state index contributed by atoms with van der Waals surface area (Å²) in [5, 5.41) is 13.9. The summed E-state index contributed by atoms with van der Waals surface area (Å²) in [6.07, 6.45) is 3.37. The molecule has 2 heterocycles. The largest absolute Gasteiger partial charge is 0.395 e. The number of pyridine rings is 1. The molecule has 0 bridgehead atoms. The minimum absolute atomic E-state index is 0.270. The molecule has 1 aromatic heterocycles. The molecule has 0 atom stereocenters. The number of hydrogen-bond donors (Lipinski definition) is 2. The van der Waals surface area contributed by atoms with Gasteiger partial charge in [0.15, 0.2) is 0 Å². The molecule has 2 N–H and O–H groups in total. The van der Waals surface area contributed by atoms with Crippen LogP contribution in [0.3, 0.4) is 0 Å². The fraction of sp³-hybridized carbons (Fsp3) is 0.526. The van der Waals surface area contributed by atoms with Gasteiger partial charge in [-0.1, -0.05) is 25.1 Å². The van der Waals surface area contributed by atoms with E-state index in [1.54, 1.807) is 0 Å². The Morgan fingerprint density at radius 2 is 2.04 bits per heavy atom. The molecule has 1 aromatic carbocycles. The fourth-order valence-corrected chi connectivity index (χ4v) is 3.37. The van der Waals surface area contributed by atoms with E-state index in [1.807, 2.05) is 0 Å². The zero-order chi connectivity index (χ0) is 16.1. The number of hydrogen-bond acceptors (Lipinski definition) is 4. The summed E-state index contributed by atoms with van der Waals surface area (Å²) in [5.41, 5.74) is 3.43. The standard InChI is InChI=1S/C19H27N3O/c1-2-16-13-19(17-5-3-4-6-18(17)21-16)20-14-15-7-9-22(10-8-15)11-12-23/h3-6,13,15,23H,2,7-12,14H2,1H3,(H,20,21). The topological polar surface area (TPSA) is 48.4 Å². The van der Waals surface area contributed by atoms with Crippen molar-refractivity contribution < 1.29 is 5.11 Å². The van der Waals surface area contributed by atoms with Crippen LogP contribution in [0.4, 0.5) is 5.69 Å². The molecular weight excluding hydrogens is 286 g/mol. The minimum Gasteiger partial charge on any atom is -0.395 e. The molecule has 0 unspecified atom stereocenters. The summed E-state index contributed by atoms with van der Waals surface area (Å²) >= 11 is 0. The van der Waals surface area contributed by atoms with Gasteiger partial charge in [0.25, 0.3) is 0 Å². The van der Waals surface area contributed by atoms with Crippen molar-refractivity contribution in [2.75, 3.05) is 38.1 Å².